The average molecular weight is 455 g/mol. The van der Waals surface area contributed by atoms with Crippen molar-refractivity contribution >= 4 is 46.1 Å². The van der Waals surface area contributed by atoms with Crippen molar-refractivity contribution in [2.75, 3.05) is 12.4 Å². The number of carbonyl (C=O) groups excluding carboxylic acids is 2. The normalized spacial score (nSPS) is 11.6. The third-order valence-electron chi connectivity index (χ3n) is 4.33. The van der Waals surface area contributed by atoms with Gasteiger partial charge in [0.15, 0.2) is 11.8 Å². The van der Waals surface area contributed by atoms with Crippen molar-refractivity contribution in [3.8, 4) is 6.07 Å². The van der Waals surface area contributed by atoms with Crippen LogP contribution in [-0.4, -0.2) is 33.7 Å². The zero-order chi connectivity index (χ0) is 22.4. The molecule has 0 unspecified atom stereocenters. The van der Waals surface area contributed by atoms with Gasteiger partial charge in [0.05, 0.1) is 23.3 Å². The number of nitrogens with zero attached hydrogens (tertiary/aromatic N) is 3. The Hall–Kier alpha value is -3.28. The summed E-state index contributed by atoms with van der Waals surface area (Å²) >= 11 is 7.30. The highest BCUT2D eigenvalue weighted by atomic mass is 35.5. The Morgan fingerprint density at radius 3 is 2.68 bits per heavy atom. The summed E-state index contributed by atoms with van der Waals surface area (Å²) in [5.74, 6) is -1.28. The molecule has 0 amide bonds. The van der Waals surface area contributed by atoms with E-state index in [1.54, 1.807) is 18.2 Å². The molecule has 9 heteroatoms. The van der Waals surface area contributed by atoms with Gasteiger partial charge < -0.3 is 15.0 Å². The van der Waals surface area contributed by atoms with E-state index in [9.17, 15) is 9.59 Å². The van der Waals surface area contributed by atoms with E-state index in [0.29, 0.717) is 16.7 Å². The maximum atomic E-state index is 12.2. The third-order valence-corrected chi connectivity index (χ3v) is 5.51. The van der Waals surface area contributed by atoms with Crippen LogP contribution in [0.25, 0.3) is 11.0 Å². The van der Waals surface area contributed by atoms with Crippen molar-refractivity contribution in [3.05, 3.63) is 70.4 Å². The van der Waals surface area contributed by atoms with Crippen LogP contribution in [0.1, 0.15) is 12.5 Å². The number of fused-ring (bicyclic) bond motifs is 1. The summed E-state index contributed by atoms with van der Waals surface area (Å²) in [7, 11) is 0. The van der Waals surface area contributed by atoms with Gasteiger partial charge in [-0.05, 0) is 30.7 Å². The van der Waals surface area contributed by atoms with Crippen molar-refractivity contribution in [1.29, 1.82) is 5.26 Å². The van der Waals surface area contributed by atoms with E-state index in [1.807, 2.05) is 41.0 Å². The molecular formula is C22H19ClN4O3S. The van der Waals surface area contributed by atoms with Crippen LogP contribution in [0.4, 0.5) is 0 Å². The zero-order valence-electron chi connectivity index (χ0n) is 16.7. The smallest absolute Gasteiger partial charge is 0.316 e. The molecule has 0 fully saturated rings. The number of imidazole rings is 1. The zero-order valence-corrected chi connectivity index (χ0v) is 18.2. The lowest BCUT2D eigenvalue weighted by atomic mass is 10.1. The summed E-state index contributed by atoms with van der Waals surface area (Å²) in [5.41, 5.74) is 8.06. The van der Waals surface area contributed by atoms with Crippen LogP contribution in [0, 0.1) is 11.3 Å². The van der Waals surface area contributed by atoms with Crippen molar-refractivity contribution in [1.82, 2.24) is 9.55 Å². The number of nitrogens with two attached hydrogens (primary N) is 1. The Morgan fingerprint density at radius 2 is 2.00 bits per heavy atom. The van der Waals surface area contributed by atoms with E-state index >= 15 is 0 Å². The number of hydrogen-bond acceptors (Lipinski definition) is 7. The molecule has 1 heterocycles. The summed E-state index contributed by atoms with van der Waals surface area (Å²) in [6.45, 7) is 1.48. The van der Waals surface area contributed by atoms with Crippen LogP contribution in [0.3, 0.4) is 0 Å². The second-order valence-corrected chi connectivity index (χ2v) is 8.02. The van der Waals surface area contributed by atoms with Crippen molar-refractivity contribution < 1.29 is 14.3 Å². The molecule has 0 spiro atoms. The van der Waals surface area contributed by atoms with E-state index < -0.39 is 18.4 Å². The highest BCUT2D eigenvalue weighted by Gasteiger charge is 2.17. The van der Waals surface area contributed by atoms with Gasteiger partial charge in [-0.3, -0.25) is 9.59 Å². The molecule has 3 aromatic rings. The maximum Gasteiger partial charge on any atom is 0.316 e. The number of ketones is 1. The van der Waals surface area contributed by atoms with Crippen LogP contribution in [0.5, 0.6) is 0 Å². The molecule has 0 aliphatic carbocycles. The number of benzene rings is 2. The largest absolute Gasteiger partial charge is 0.457 e. The molecule has 2 aromatic carbocycles. The molecule has 0 atom stereocenters. The quantitative estimate of drug-likeness (QED) is 0.239. The first-order valence-corrected chi connectivity index (χ1v) is 10.6. The number of carbonyl (C=O) groups is 2. The fourth-order valence-electron chi connectivity index (χ4n) is 2.86. The van der Waals surface area contributed by atoms with Crippen molar-refractivity contribution in [2.24, 2.45) is 5.73 Å². The van der Waals surface area contributed by atoms with Crippen LogP contribution in [-0.2, 0) is 20.9 Å². The number of Topliss-reactive ketones (excluding diaryl/α,β-unsaturated/α-hetero) is 1. The lowest BCUT2D eigenvalue weighted by molar-refractivity contribution is -0.144. The average Bonchev–Trinajstić information content (AvgIpc) is 3.08. The second-order valence-electron chi connectivity index (χ2n) is 6.64. The SMILES string of the molecule is CC(N)=C(C#N)C(=O)COC(=O)CSc1nc2cc(Cl)ccc2n1Cc1ccccc1. The number of allylic oxidation sites excluding steroid dienone is 1. The minimum Gasteiger partial charge on any atom is -0.457 e. The lowest BCUT2D eigenvalue weighted by Crippen LogP contribution is -2.18. The molecule has 1 aromatic heterocycles. The van der Waals surface area contributed by atoms with E-state index in [4.69, 9.17) is 27.3 Å². The standard InChI is InChI=1S/C22H19ClN4O3S/c1-14(25)17(10-24)20(28)12-30-21(29)13-31-22-26-18-9-16(23)7-8-19(18)27(22)11-15-5-3-2-4-6-15/h2-9H,11-13,25H2,1H3. The Labute approximate surface area is 188 Å². The number of aromatic nitrogens is 2. The number of nitriles is 1. The summed E-state index contributed by atoms with van der Waals surface area (Å²) in [6, 6.07) is 17.0. The molecule has 0 saturated heterocycles. The van der Waals surface area contributed by atoms with Crippen LogP contribution >= 0.6 is 23.4 Å². The minimum atomic E-state index is -0.633. The monoisotopic (exact) mass is 454 g/mol. The second kappa shape index (κ2) is 10.2. The van der Waals surface area contributed by atoms with Gasteiger partial charge in [0, 0.05) is 10.7 Å². The molecule has 0 aliphatic heterocycles. The molecule has 0 saturated carbocycles. The fourth-order valence-corrected chi connectivity index (χ4v) is 3.84. The summed E-state index contributed by atoms with van der Waals surface area (Å²) in [6.07, 6.45) is 0. The van der Waals surface area contributed by atoms with E-state index in [1.165, 1.54) is 18.7 Å². The Morgan fingerprint density at radius 1 is 1.26 bits per heavy atom. The van der Waals surface area contributed by atoms with Gasteiger partial charge in [0.2, 0.25) is 5.78 Å². The topological polar surface area (TPSA) is 111 Å². The number of esters is 1. The molecule has 0 radical (unpaired) electrons. The maximum absolute atomic E-state index is 12.2. The van der Waals surface area contributed by atoms with Gasteiger partial charge in [-0.1, -0.05) is 53.7 Å². The fraction of sp³-hybridized carbons (Fsp3) is 0.182. The predicted octanol–water partition coefficient (Wildman–Crippen LogP) is 3.70. The predicted molar refractivity (Wildman–Crippen MR) is 119 cm³/mol. The molecule has 0 aliphatic rings. The first-order chi connectivity index (χ1) is 14.9. The van der Waals surface area contributed by atoms with E-state index in [2.05, 4.69) is 4.98 Å². The number of ether oxygens (including phenoxy) is 1. The van der Waals surface area contributed by atoms with Crippen LogP contribution < -0.4 is 5.73 Å². The van der Waals surface area contributed by atoms with Gasteiger partial charge in [-0.25, -0.2) is 4.98 Å². The van der Waals surface area contributed by atoms with Gasteiger partial charge >= 0.3 is 5.97 Å². The van der Waals surface area contributed by atoms with Gasteiger partial charge in [0.25, 0.3) is 0 Å². The lowest BCUT2D eigenvalue weighted by Gasteiger charge is -2.09. The first-order valence-electron chi connectivity index (χ1n) is 9.27. The van der Waals surface area contributed by atoms with Crippen LogP contribution in [0.2, 0.25) is 5.02 Å². The molecule has 158 valence electrons. The minimum absolute atomic E-state index is 0.0493. The number of hydrogen-bond donors (Lipinski definition) is 1. The number of rotatable bonds is 8. The highest BCUT2D eigenvalue weighted by molar-refractivity contribution is 7.99. The summed E-state index contributed by atoms with van der Waals surface area (Å²) < 4.78 is 7.00. The van der Waals surface area contributed by atoms with Gasteiger partial charge in [-0.15, -0.1) is 0 Å². The summed E-state index contributed by atoms with van der Waals surface area (Å²) in [5, 5.41) is 10.1. The van der Waals surface area contributed by atoms with Gasteiger partial charge in [0.1, 0.15) is 11.6 Å². The first kappa shape index (κ1) is 22.4. The van der Waals surface area contributed by atoms with Crippen molar-refractivity contribution in [3.63, 3.8) is 0 Å². The van der Waals surface area contributed by atoms with Crippen LogP contribution in [0.15, 0.2) is 65.0 Å². The van der Waals surface area contributed by atoms with E-state index in [-0.39, 0.29) is 17.0 Å². The molecule has 2 N–H and O–H groups in total. The molecular weight excluding hydrogens is 436 g/mol. The molecule has 31 heavy (non-hydrogen) atoms. The van der Waals surface area contributed by atoms with Crippen molar-refractivity contribution in [2.45, 2.75) is 18.6 Å². The van der Waals surface area contributed by atoms with E-state index in [0.717, 1.165) is 16.6 Å². The molecule has 0 bridgehead atoms. The summed E-state index contributed by atoms with van der Waals surface area (Å²) in [4.78, 5) is 28.7. The number of halogens is 1. The Balaban J connectivity index is 1.73. The molecule has 7 nitrogen and oxygen atoms in total. The highest BCUT2D eigenvalue weighted by Crippen LogP contribution is 2.27. The number of thioether (sulfide) groups is 1. The van der Waals surface area contributed by atoms with Gasteiger partial charge in [-0.2, -0.15) is 5.26 Å². The Kier molecular flexibility index (Phi) is 7.34. The Bertz CT molecular complexity index is 1190. The third kappa shape index (κ3) is 5.66. The molecule has 3 rings (SSSR count).